The zero-order chi connectivity index (χ0) is 17.4. The van der Waals surface area contributed by atoms with E-state index in [2.05, 4.69) is 0 Å². The molecule has 0 bridgehead atoms. The average molecular weight is 367 g/mol. The lowest BCUT2D eigenvalue weighted by atomic mass is 10.0. The molecule has 1 aromatic heterocycles. The van der Waals surface area contributed by atoms with Crippen LogP contribution in [0.2, 0.25) is 10.0 Å². The molecule has 3 aromatic rings. The Morgan fingerprint density at radius 3 is 2.17 bits per heavy atom. The van der Waals surface area contributed by atoms with E-state index in [4.69, 9.17) is 37.1 Å². The fourth-order valence-corrected chi connectivity index (χ4v) is 2.86. The van der Waals surface area contributed by atoms with Crippen LogP contribution in [0.3, 0.4) is 0 Å². The highest BCUT2D eigenvalue weighted by atomic mass is 35.5. The highest BCUT2D eigenvalue weighted by Gasteiger charge is 2.16. The van der Waals surface area contributed by atoms with Crippen molar-refractivity contribution in [2.45, 2.75) is 0 Å². The standard InChI is InChI=1S/C17H12Cl2O5/c1-22-14-5-9-13(6-15(14)23-2)24-7-10(16(9)20)8-3-11(18)17(21)12(19)4-8/h3-7,21H,1-2H3. The summed E-state index contributed by atoms with van der Waals surface area (Å²) < 4.78 is 16.0. The van der Waals surface area contributed by atoms with E-state index in [0.29, 0.717) is 28.0 Å². The summed E-state index contributed by atoms with van der Waals surface area (Å²) in [6.07, 6.45) is 1.32. The number of methoxy groups -OCH3 is 2. The number of fused-ring (bicyclic) bond motifs is 1. The molecule has 3 rings (SSSR count). The van der Waals surface area contributed by atoms with Crippen LogP contribution in [0.15, 0.2) is 39.7 Å². The first-order valence-corrected chi connectivity index (χ1v) is 7.57. The number of rotatable bonds is 3. The number of hydrogen-bond donors (Lipinski definition) is 1. The van der Waals surface area contributed by atoms with E-state index < -0.39 is 0 Å². The smallest absolute Gasteiger partial charge is 0.200 e. The maximum Gasteiger partial charge on any atom is 0.200 e. The monoisotopic (exact) mass is 366 g/mol. The second kappa shape index (κ2) is 6.26. The Morgan fingerprint density at radius 2 is 1.58 bits per heavy atom. The van der Waals surface area contributed by atoms with Gasteiger partial charge in [-0.25, -0.2) is 0 Å². The summed E-state index contributed by atoms with van der Waals surface area (Å²) in [7, 11) is 2.98. The second-order valence-corrected chi connectivity index (χ2v) is 5.78. The molecule has 124 valence electrons. The Morgan fingerprint density at radius 1 is 1.00 bits per heavy atom. The Hall–Kier alpha value is -2.37. The predicted molar refractivity (Wildman–Crippen MR) is 92.7 cm³/mol. The van der Waals surface area contributed by atoms with Gasteiger partial charge in [-0.15, -0.1) is 0 Å². The van der Waals surface area contributed by atoms with Crippen LogP contribution in [0, 0.1) is 0 Å². The molecule has 0 fully saturated rings. The summed E-state index contributed by atoms with van der Waals surface area (Å²) >= 11 is 11.8. The number of phenols is 1. The van der Waals surface area contributed by atoms with Gasteiger partial charge >= 0.3 is 0 Å². The molecule has 0 saturated carbocycles. The van der Waals surface area contributed by atoms with Crippen LogP contribution >= 0.6 is 23.2 Å². The molecule has 0 atom stereocenters. The molecule has 1 heterocycles. The van der Waals surface area contributed by atoms with Crippen molar-refractivity contribution in [2.75, 3.05) is 14.2 Å². The lowest BCUT2D eigenvalue weighted by Gasteiger charge is -2.10. The number of aromatic hydroxyl groups is 1. The minimum Gasteiger partial charge on any atom is -0.505 e. The minimum absolute atomic E-state index is 0.0457. The van der Waals surface area contributed by atoms with Gasteiger partial charge in [-0.1, -0.05) is 23.2 Å². The first-order valence-electron chi connectivity index (χ1n) is 6.82. The summed E-state index contributed by atoms with van der Waals surface area (Å²) in [5, 5.41) is 10.1. The summed E-state index contributed by atoms with van der Waals surface area (Å²) in [6, 6.07) is 6.02. The van der Waals surface area contributed by atoms with Gasteiger partial charge in [0.05, 0.1) is 35.2 Å². The van der Waals surface area contributed by atoms with Crippen LogP contribution in [0.25, 0.3) is 22.1 Å². The normalized spacial score (nSPS) is 10.8. The maximum absolute atomic E-state index is 12.8. The van der Waals surface area contributed by atoms with Gasteiger partial charge in [-0.05, 0) is 23.8 Å². The minimum atomic E-state index is -0.282. The average Bonchev–Trinajstić information content (AvgIpc) is 2.58. The van der Waals surface area contributed by atoms with Crippen LogP contribution in [0.5, 0.6) is 17.2 Å². The molecule has 2 aromatic carbocycles. The lowest BCUT2D eigenvalue weighted by Crippen LogP contribution is -2.05. The second-order valence-electron chi connectivity index (χ2n) is 4.97. The topological polar surface area (TPSA) is 68.9 Å². The molecule has 1 N–H and O–H groups in total. The van der Waals surface area contributed by atoms with Gasteiger partial charge in [0.1, 0.15) is 11.8 Å². The van der Waals surface area contributed by atoms with Crippen molar-refractivity contribution in [1.29, 1.82) is 0 Å². The Balaban J connectivity index is 2.28. The number of halogens is 2. The third-order valence-electron chi connectivity index (χ3n) is 3.61. The molecule has 24 heavy (non-hydrogen) atoms. The fraction of sp³-hybridized carbons (Fsp3) is 0.118. The van der Waals surface area contributed by atoms with Gasteiger partial charge < -0.3 is 19.0 Å². The molecule has 0 unspecified atom stereocenters. The van der Waals surface area contributed by atoms with Crippen LogP contribution < -0.4 is 14.9 Å². The van der Waals surface area contributed by atoms with Crippen LogP contribution in [-0.4, -0.2) is 19.3 Å². The molecule has 0 radical (unpaired) electrons. The van der Waals surface area contributed by atoms with Crippen LogP contribution in [-0.2, 0) is 0 Å². The van der Waals surface area contributed by atoms with Crippen molar-refractivity contribution in [2.24, 2.45) is 0 Å². The van der Waals surface area contributed by atoms with E-state index >= 15 is 0 Å². The zero-order valence-corrected chi connectivity index (χ0v) is 14.2. The summed E-state index contributed by atoms with van der Waals surface area (Å²) in [5.41, 5.74) is 0.777. The third kappa shape index (κ3) is 2.66. The number of hydrogen-bond acceptors (Lipinski definition) is 5. The molecule has 7 heteroatoms. The molecule has 0 saturated heterocycles. The van der Waals surface area contributed by atoms with E-state index in [0.717, 1.165) is 0 Å². The molecular weight excluding hydrogens is 355 g/mol. The van der Waals surface area contributed by atoms with E-state index in [1.807, 2.05) is 0 Å². The van der Waals surface area contributed by atoms with Crippen molar-refractivity contribution < 1.29 is 19.0 Å². The van der Waals surface area contributed by atoms with Crippen LogP contribution in [0.1, 0.15) is 0 Å². The third-order valence-corrected chi connectivity index (χ3v) is 4.18. The maximum atomic E-state index is 12.8. The Bertz CT molecular complexity index is 971. The number of ether oxygens (including phenoxy) is 2. The quantitative estimate of drug-likeness (QED) is 0.739. The van der Waals surface area contributed by atoms with Gasteiger partial charge in [-0.3, -0.25) is 4.79 Å². The summed E-state index contributed by atoms with van der Waals surface area (Å²) in [5.74, 6) is 0.631. The first kappa shape index (κ1) is 16.5. The highest BCUT2D eigenvalue weighted by molar-refractivity contribution is 6.37. The SMILES string of the molecule is COc1cc2occ(-c3cc(Cl)c(O)c(Cl)c3)c(=O)c2cc1OC. The van der Waals surface area contributed by atoms with Crippen molar-refractivity contribution in [3.05, 3.63) is 50.8 Å². The fourth-order valence-electron chi connectivity index (χ4n) is 2.38. The summed E-state index contributed by atoms with van der Waals surface area (Å²) in [6.45, 7) is 0. The Labute approximate surface area is 146 Å². The number of phenolic OH excluding ortho intramolecular Hbond substituents is 1. The van der Waals surface area contributed by atoms with Crippen molar-refractivity contribution in [1.82, 2.24) is 0 Å². The van der Waals surface area contributed by atoms with Gasteiger partial charge in [0.25, 0.3) is 0 Å². The number of benzene rings is 2. The lowest BCUT2D eigenvalue weighted by molar-refractivity contribution is 0.355. The van der Waals surface area contributed by atoms with Gasteiger partial charge in [-0.2, -0.15) is 0 Å². The van der Waals surface area contributed by atoms with Gasteiger partial charge in [0.15, 0.2) is 17.2 Å². The molecule has 0 aliphatic rings. The predicted octanol–water partition coefficient (Wildman–Crippen LogP) is 4.49. The van der Waals surface area contributed by atoms with E-state index in [1.165, 1.54) is 32.6 Å². The first-order chi connectivity index (χ1) is 11.5. The highest BCUT2D eigenvalue weighted by Crippen LogP contribution is 2.37. The largest absolute Gasteiger partial charge is 0.505 e. The summed E-state index contributed by atoms with van der Waals surface area (Å²) in [4.78, 5) is 12.8. The van der Waals surface area contributed by atoms with Crippen LogP contribution in [0.4, 0.5) is 0 Å². The van der Waals surface area contributed by atoms with Crippen molar-refractivity contribution >= 4 is 34.2 Å². The Kier molecular flexibility index (Phi) is 4.30. The molecule has 0 spiro atoms. The van der Waals surface area contributed by atoms with E-state index in [9.17, 15) is 9.90 Å². The molecule has 5 nitrogen and oxygen atoms in total. The molecule has 0 aliphatic carbocycles. The molecular formula is C17H12Cl2O5. The van der Waals surface area contributed by atoms with E-state index in [1.54, 1.807) is 12.1 Å². The van der Waals surface area contributed by atoms with Gasteiger partial charge in [0, 0.05) is 6.07 Å². The van der Waals surface area contributed by atoms with E-state index in [-0.39, 0.29) is 26.8 Å². The zero-order valence-electron chi connectivity index (χ0n) is 12.7. The molecule has 0 aliphatic heterocycles. The van der Waals surface area contributed by atoms with Crippen molar-refractivity contribution in [3.8, 4) is 28.4 Å². The molecule has 0 amide bonds. The van der Waals surface area contributed by atoms with Gasteiger partial charge in [0.2, 0.25) is 5.43 Å². The van der Waals surface area contributed by atoms with Crippen molar-refractivity contribution in [3.63, 3.8) is 0 Å².